The largest absolute Gasteiger partial charge is 0.294 e. The molecule has 0 bridgehead atoms. The van der Waals surface area contributed by atoms with Crippen molar-refractivity contribution in [3.63, 3.8) is 0 Å². The van der Waals surface area contributed by atoms with Crippen LogP contribution < -0.4 is 0 Å². The van der Waals surface area contributed by atoms with Gasteiger partial charge in [-0.3, -0.25) is 4.79 Å². The predicted octanol–water partition coefficient (Wildman–Crippen LogP) is 4.59. The van der Waals surface area contributed by atoms with Gasteiger partial charge in [0.05, 0.1) is 0 Å². The molecule has 1 heteroatoms. The molecule has 0 radical (unpaired) electrons. The summed E-state index contributed by atoms with van der Waals surface area (Å²) in [5, 5.41) is 4.38. The topological polar surface area (TPSA) is 17.1 Å². The van der Waals surface area contributed by atoms with Gasteiger partial charge >= 0.3 is 0 Å². The molecule has 3 aromatic rings. The summed E-state index contributed by atoms with van der Waals surface area (Å²) in [7, 11) is 0. The highest BCUT2D eigenvalue weighted by molar-refractivity contribution is 6.18. The summed E-state index contributed by atoms with van der Waals surface area (Å²) in [5.74, 6) is 0.211. The molecule has 0 saturated carbocycles. The Morgan fingerprint density at radius 3 is 1.89 bits per heavy atom. The SMILES string of the molecule is CCC(=O)c1c2ccccc2cc2ccccc12. The fourth-order valence-corrected chi connectivity index (χ4v) is 2.49. The van der Waals surface area contributed by atoms with Gasteiger partial charge in [-0.05, 0) is 27.6 Å². The molecule has 0 spiro atoms. The van der Waals surface area contributed by atoms with E-state index < -0.39 is 0 Å². The second-order valence-electron chi connectivity index (χ2n) is 4.47. The molecule has 0 N–H and O–H groups in total. The first-order chi connectivity index (χ1) is 8.81. The number of hydrogen-bond acceptors (Lipinski definition) is 1. The Morgan fingerprint density at radius 1 is 0.889 bits per heavy atom. The second kappa shape index (κ2) is 4.26. The van der Waals surface area contributed by atoms with Crippen LogP contribution in [0.5, 0.6) is 0 Å². The Bertz CT molecular complexity index is 687. The average Bonchev–Trinajstić information content (AvgIpc) is 2.44. The van der Waals surface area contributed by atoms with E-state index in [1.54, 1.807) is 0 Å². The molecule has 0 saturated heterocycles. The van der Waals surface area contributed by atoms with Gasteiger partial charge in [0.1, 0.15) is 0 Å². The van der Waals surface area contributed by atoms with Crippen molar-refractivity contribution < 1.29 is 4.79 Å². The number of benzene rings is 3. The summed E-state index contributed by atoms with van der Waals surface area (Å²) in [4.78, 5) is 12.2. The number of fused-ring (bicyclic) bond motifs is 2. The van der Waals surface area contributed by atoms with E-state index in [2.05, 4.69) is 18.2 Å². The maximum Gasteiger partial charge on any atom is 0.163 e. The fourth-order valence-electron chi connectivity index (χ4n) is 2.49. The summed E-state index contributed by atoms with van der Waals surface area (Å²) in [5.41, 5.74) is 0.867. The lowest BCUT2D eigenvalue weighted by Crippen LogP contribution is -1.99. The molecule has 0 fully saturated rings. The minimum absolute atomic E-state index is 0.211. The van der Waals surface area contributed by atoms with Crippen molar-refractivity contribution in [2.75, 3.05) is 0 Å². The van der Waals surface area contributed by atoms with Crippen LogP contribution in [0.3, 0.4) is 0 Å². The number of rotatable bonds is 2. The zero-order chi connectivity index (χ0) is 12.5. The molecule has 0 aliphatic rings. The van der Waals surface area contributed by atoms with Gasteiger partial charge in [0.2, 0.25) is 0 Å². The minimum Gasteiger partial charge on any atom is -0.294 e. The highest BCUT2D eigenvalue weighted by Crippen LogP contribution is 2.29. The minimum atomic E-state index is 0.211. The van der Waals surface area contributed by atoms with Crippen LogP contribution in [-0.2, 0) is 0 Å². The summed E-state index contributed by atoms with van der Waals surface area (Å²) in [6.07, 6.45) is 0.540. The van der Waals surface area contributed by atoms with E-state index in [4.69, 9.17) is 0 Å². The molecule has 0 unspecified atom stereocenters. The first-order valence-electron chi connectivity index (χ1n) is 6.25. The van der Waals surface area contributed by atoms with E-state index >= 15 is 0 Å². The first kappa shape index (κ1) is 11.0. The van der Waals surface area contributed by atoms with Crippen LogP contribution >= 0.6 is 0 Å². The van der Waals surface area contributed by atoms with Gasteiger partial charge < -0.3 is 0 Å². The van der Waals surface area contributed by atoms with E-state index in [-0.39, 0.29) is 5.78 Å². The summed E-state index contributed by atoms with van der Waals surface area (Å²) in [6.45, 7) is 1.92. The zero-order valence-electron chi connectivity index (χ0n) is 10.3. The fraction of sp³-hybridized carbons (Fsp3) is 0.118. The molecule has 3 rings (SSSR count). The zero-order valence-corrected chi connectivity index (χ0v) is 10.3. The summed E-state index contributed by atoms with van der Waals surface area (Å²) < 4.78 is 0. The van der Waals surface area contributed by atoms with Crippen LogP contribution in [-0.4, -0.2) is 5.78 Å². The number of Topliss-reactive ketones (excluding diaryl/α,β-unsaturated/α-hetero) is 1. The molecule has 0 aliphatic heterocycles. The molecular weight excluding hydrogens is 220 g/mol. The Morgan fingerprint density at radius 2 is 1.39 bits per heavy atom. The van der Waals surface area contributed by atoms with E-state index in [0.29, 0.717) is 6.42 Å². The highest BCUT2D eigenvalue weighted by atomic mass is 16.1. The summed E-state index contributed by atoms with van der Waals surface area (Å²) >= 11 is 0. The van der Waals surface area contributed by atoms with Gasteiger partial charge in [-0.2, -0.15) is 0 Å². The Labute approximate surface area is 106 Å². The molecule has 0 aliphatic carbocycles. The van der Waals surface area contributed by atoms with Crippen molar-refractivity contribution in [3.05, 3.63) is 60.2 Å². The standard InChI is InChI=1S/C17H14O/c1-2-16(18)17-14-9-5-3-7-12(14)11-13-8-4-6-10-15(13)17/h3-11H,2H2,1H3. The van der Waals surface area contributed by atoms with E-state index in [1.165, 1.54) is 0 Å². The first-order valence-corrected chi connectivity index (χ1v) is 6.25. The van der Waals surface area contributed by atoms with Crippen LogP contribution in [0.15, 0.2) is 54.6 Å². The third kappa shape index (κ3) is 1.60. The molecular formula is C17H14O. The van der Waals surface area contributed by atoms with E-state index in [9.17, 15) is 4.79 Å². The summed E-state index contributed by atoms with van der Waals surface area (Å²) in [6, 6.07) is 18.3. The van der Waals surface area contributed by atoms with Gasteiger partial charge in [0.15, 0.2) is 5.78 Å². The lowest BCUT2D eigenvalue weighted by atomic mass is 9.93. The lowest BCUT2D eigenvalue weighted by Gasteiger charge is -2.09. The highest BCUT2D eigenvalue weighted by Gasteiger charge is 2.12. The predicted molar refractivity (Wildman–Crippen MR) is 76.1 cm³/mol. The maximum absolute atomic E-state index is 12.2. The molecule has 88 valence electrons. The average molecular weight is 234 g/mol. The van der Waals surface area contributed by atoms with Gasteiger partial charge in [-0.25, -0.2) is 0 Å². The number of hydrogen-bond donors (Lipinski definition) is 0. The maximum atomic E-state index is 12.2. The molecule has 0 aromatic heterocycles. The van der Waals surface area contributed by atoms with E-state index in [0.717, 1.165) is 27.1 Å². The van der Waals surface area contributed by atoms with Crippen molar-refractivity contribution in [2.45, 2.75) is 13.3 Å². The van der Waals surface area contributed by atoms with Crippen LogP contribution in [0, 0.1) is 0 Å². The third-order valence-electron chi connectivity index (χ3n) is 3.37. The van der Waals surface area contributed by atoms with E-state index in [1.807, 2.05) is 43.3 Å². The smallest absolute Gasteiger partial charge is 0.163 e. The van der Waals surface area contributed by atoms with Crippen molar-refractivity contribution in [1.82, 2.24) is 0 Å². The molecule has 3 aromatic carbocycles. The van der Waals surface area contributed by atoms with Gasteiger partial charge in [-0.1, -0.05) is 55.5 Å². The lowest BCUT2D eigenvalue weighted by molar-refractivity contribution is 0.0991. The van der Waals surface area contributed by atoms with Gasteiger partial charge in [0, 0.05) is 12.0 Å². The van der Waals surface area contributed by atoms with Crippen molar-refractivity contribution in [2.24, 2.45) is 0 Å². The van der Waals surface area contributed by atoms with Crippen LogP contribution in [0.2, 0.25) is 0 Å². The van der Waals surface area contributed by atoms with Crippen molar-refractivity contribution >= 4 is 27.3 Å². The Kier molecular flexibility index (Phi) is 2.60. The monoisotopic (exact) mass is 234 g/mol. The molecule has 0 heterocycles. The second-order valence-corrected chi connectivity index (χ2v) is 4.47. The van der Waals surface area contributed by atoms with Crippen LogP contribution in [0.25, 0.3) is 21.5 Å². The molecule has 0 atom stereocenters. The van der Waals surface area contributed by atoms with Gasteiger partial charge in [-0.15, -0.1) is 0 Å². The number of carbonyl (C=O) groups is 1. The van der Waals surface area contributed by atoms with Crippen LogP contribution in [0.4, 0.5) is 0 Å². The molecule has 0 amide bonds. The molecule has 1 nitrogen and oxygen atoms in total. The number of ketones is 1. The number of carbonyl (C=O) groups excluding carboxylic acids is 1. The molecule has 18 heavy (non-hydrogen) atoms. The normalized spacial score (nSPS) is 10.9. The van der Waals surface area contributed by atoms with Gasteiger partial charge in [0.25, 0.3) is 0 Å². The Hall–Kier alpha value is -2.15. The van der Waals surface area contributed by atoms with Crippen molar-refractivity contribution in [3.8, 4) is 0 Å². The third-order valence-corrected chi connectivity index (χ3v) is 3.37. The van der Waals surface area contributed by atoms with Crippen LogP contribution in [0.1, 0.15) is 23.7 Å². The Balaban J connectivity index is 2.53. The quantitative estimate of drug-likeness (QED) is 0.468. The van der Waals surface area contributed by atoms with Crippen molar-refractivity contribution in [1.29, 1.82) is 0 Å².